The normalized spacial score (nSPS) is 10.9. The van der Waals surface area contributed by atoms with Crippen LogP contribution in [0.5, 0.6) is 0 Å². The highest BCUT2D eigenvalue weighted by Gasteiger charge is 2.13. The number of carbonyl (C=O) groups is 1. The van der Waals surface area contributed by atoms with E-state index in [9.17, 15) is 9.90 Å². The number of carboxylic acid groups (broad SMARTS) is 1. The van der Waals surface area contributed by atoms with Gasteiger partial charge in [-0.25, -0.2) is 4.79 Å². The Balaban J connectivity index is 2.64. The highest BCUT2D eigenvalue weighted by molar-refractivity contribution is 6.02. The first-order valence-corrected chi connectivity index (χ1v) is 5.97. The molecule has 0 aliphatic carbocycles. The summed E-state index contributed by atoms with van der Waals surface area (Å²) in [6.07, 6.45) is 2.17. The number of aromatic nitrogens is 1. The van der Waals surface area contributed by atoms with Crippen LogP contribution in [0.4, 0.5) is 0 Å². The summed E-state index contributed by atoms with van der Waals surface area (Å²) in [4.78, 5) is 11.2. The number of carboxylic acids is 1. The minimum Gasteiger partial charge on any atom is -0.478 e. The van der Waals surface area contributed by atoms with E-state index in [1.54, 1.807) is 12.1 Å². The fourth-order valence-electron chi connectivity index (χ4n) is 2.24. The van der Waals surface area contributed by atoms with E-state index in [-0.39, 0.29) is 0 Å². The van der Waals surface area contributed by atoms with Gasteiger partial charge in [0.1, 0.15) is 0 Å². The van der Waals surface area contributed by atoms with E-state index in [2.05, 4.69) is 17.6 Å². The van der Waals surface area contributed by atoms with Crippen molar-refractivity contribution in [1.29, 1.82) is 0 Å². The molecule has 2 aromatic rings. The van der Waals surface area contributed by atoms with E-state index >= 15 is 0 Å². The number of nitrogens with zero attached hydrogens (tertiary/aromatic N) is 1. The lowest BCUT2D eigenvalue weighted by Gasteiger charge is -2.09. The first-order chi connectivity index (χ1) is 8.15. The number of aryl methyl sites for hydroxylation is 2. The van der Waals surface area contributed by atoms with Gasteiger partial charge in [-0.2, -0.15) is 0 Å². The predicted molar refractivity (Wildman–Crippen MR) is 68.5 cm³/mol. The zero-order valence-corrected chi connectivity index (χ0v) is 10.2. The van der Waals surface area contributed by atoms with E-state index in [4.69, 9.17) is 0 Å². The molecule has 0 fully saturated rings. The SMILES string of the molecule is CCCCn1c(C)cc2cccc(C(=O)O)c21. The maximum atomic E-state index is 11.2. The molecule has 0 amide bonds. The molecule has 2 rings (SSSR count). The van der Waals surface area contributed by atoms with Crippen molar-refractivity contribution < 1.29 is 9.90 Å². The monoisotopic (exact) mass is 231 g/mol. The van der Waals surface area contributed by atoms with E-state index in [1.165, 1.54) is 0 Å². The quantitative estimate of drug-likeness (QED) is 0.875. The van der Waals surface area contributed by atoms with Gasteiger partial charge in [0.05, 0.1) is 11.1 Å². The van der Waals surface area contributed by atoms with Gasteiger partial charge in [0.15, 0.2) is 0 Å². The largest absolute Gasteiger partial charge is 0.478 e. The second-order valence-corrected chi connectivity index (χ2v) is 4.34. The summed E-state index contributed by atoms with van der Waals surface area (Å²) in [7, 11) is 0. The maximum absolute atomic E-state index is 11.2. The fourth-order valence-corrected chi connectivity index (χ4v) is 2.24. The van der Waals surface area contributed by atoms with Crippen molar-refractivity contribution in [2.75, 3.05) is 0 Å². The lowest BCUT2D eigenvalue weighted by atomic mass is 10.1. The molecule has 1 aromatic heterocycles. The first kappa shape index (κ1) is 11.7. The fraction of sp³-hybridized carbons (Fsp3) is 0.357. The van der Waals surface area contributed by atoms with Gasteiger partial charge < -0.3 is 9.67 Å². The molecule has 0 bridgehead atoms. The molecule has 3 nitrogen and oxygen atoms in total. The molecule has 0 saturated carbocycles. The van der Waals surface area contributed by atoms with Gasteiger partial charge in [-0.1, -0.05) is 25.5 Å². The molecule has 0 aliphatic heterocycles. The van der Waals surface area contributed by atoms with E-state index in [1.807, 2.05) is 13.0 Å². The number of aromatic carboxylic acids is 1. The molecular weight excluding hydrogens is 214 g/mol. The lowest BCUT2D eigenvalue weighted by molar-refractivity contribution is 0.0698. The van der Waals surface area contributed by atoms with Gasteiger partial charge in [-0.3, -0.25) is 0 Å². The Morgan fingerprint density at radius 2 is 2.18 bits per heavy atom. The molecule has 0 saturated heterocycles. The second kappa shape index (κ2) is 4.62. The minimum absolute atomic E-state index is 0.395. The molecule has 3 heteroatoms. The average molecular weight is 231 g/mol. The average Bonchev–Trinajstić information content (AvgIpc) is 2.61. The molecule has 1 aromatic carbocycles. The summed E-state index contributed by atoms with van der Waals surface area (Å²) in [6.45, 7) is 5.05. The van der Waals surface area contributed by atoms with Crippen LogP contribution in [0.25, 0.3) is 10.9 Å². The highest BCUT2D eigenvalue weighted by atomic mass is 16.4. The zero-order valence-electron chi connectivity index (χ0n) is 10.2. The molecule has 1 N–H and O–H groups in total. The van der Waals surface area contributed by atoms with Crippen LogP contribution >= 0.6 is 0 Å². The van der Waals surface area contributed by atoms with Crippen molar-refractivity contribution in [1.82, 2.24) is 4.57 Å². The molecule has 0 spiro atoms. The Labute approximate surface area is 101 Å². The molecule has 90 valence electrons. The lowest BCUT2D eigenvalue weighted by Crippen LogP contribution is -2.05. The van der Waals surface area contributed by atoms with Gasteiger partial charge >= 0.3 is 5.97 Å². The first-order valence-electron chi connectivity index (χ1n) is 5.97. The molecule has 0 atom stereocenters. The number of benzene rings is 1. The Bertz CT molecular complexity index is 555. The molecule has 0 unspecified atom stereocenters. The molecule has 0 radical (unpaired) electrons. The summed E-state index contributed by atoms with van der Waals surface area (Å²) in [6, 6.07) is 7.50. The van der Waals surface area contributed by atoms with Gasteiger partial charge in [-0.05, 0) is 25.5 Å². The summed E-state index contributed by atoms with van der Waals surface area (Å²) in [5.74, 6) is -0.855. The van der Waals surface area contributed by atoms with Crippen molar-refractivity contribution in [3.05, 3.63) is 35.5 Å². The number of hydrogen-bond donors (Lipinski definition) is 1. The Morgan fingerprint density at radius 1 is 1.41 bits per heavy atom. The smallest absolute Gasteiger partial charge is 0.337 e. The number of para-hydroxylation sites is 1. The van der Waals surface area contributed by atoms with Crippen molar-refractivity contribution in [2.45, 2.75) is 33.2 Å². The van der Waals surface area contributed by atoms with Crippen LogP contribution in [0, 0.1) is 6.92 Å². The maximum Gasteiger partial charge on any atom is 0.337 e. The van der Waals surface area contributed by atoms with Crippen molar-refractivity contribution >= 4 is 16.9 Å². The van der Waals surface area contributed by atoms with E-state index in [0.717, 1.165) is 36.0 Å². The third-order valence-corrected chi connectivity index (χ3v) is 3.09. The van der Waals surface area contributed by atoms with Crippen LogP contribution in [-0.4, -0.2) is 15.6 Å². The molecular formula is C14H17NO2. The number of hydrogen-bond acceptors (Lipinski definition) is 1. The van der Waals surface area contributed by atoms with Crippen molar-refractivity contribution in [3.8, 4) is 0 Å². The van der Waals surface area contributed by atoms with Crippen LogP contribution in [-0.2, 0) is 6.54 Å². The summed E-state index contributed by atoms with van der Waals surface area (Å²) in [5.41, 5.74) is 2.37. The van der Waals surface area contributed by atoms with Gasteiger partial charge in [0, 0.05) is 17.6 Å². The Morgan fingerprint density at radius 3 is 2.82 bits per heavy atom. The Hall–Kier alpha value is -1.77. The van der Waals surface area contributed by atoms with Crippen LogP contribution in [0.2, 0.25) is 0 Å². The van der Waals surface area contributed by atoms with E-state index in [0.29, 0.717) is 5.56 Å². The summed E-state index contributed by atoms with van der Waals surface area (Å²) >= 11 is 0. The van der Waals surface area contributed by atoms with E-state index < -0.39 is 5.97 Å². The second-order valence-electron chi connectivity index (χ2n) is 4.34. The van der Waals surface area contributed by atoms with Gasteiger partial charge in [-0.15, -0.1) is 0 Å². The molecule has 1 heterocycles. The topological polar surface area (TPSA) is 42.2 Å². The summed E-state index contributed by atoms with van der Waals surface area (Å²) < 4.78 is 2.11. The van der Waals surface area contributed by atoms with Crippen molar-refractivity contribution in [3.63, 3.8) is 0 Å². The van der Waals surface area contributed by atoms with Crippen LogP contribution in [0.1, 0.15) is 35.8 Å². The van der Waals surface area contributed by atoms with Gasteiger partial charge in [0.2, 0.25) is 0 Å². The zero-order chi connectivity index (χ0) is 12.4. The van der Waals surface area contributed by atoms with Crippen molar-refractivity contribution in [2.24, 2.45) is 0 Å². The standard InChI is InChI=1S/C14H17NO2/c1-3-4-8-15-10(2)9-11-6-5-7-12(13(11)15)14(16)17/h5-7,9H,3-4,8H2,1-2H3,(H,16,17). The van der Waals surface area contributed by atoms with Gasteiger partial charge in [0.25, 0.3) is 0 Å². The Kier molecular flexibility index (Phi) is 3.18. The number of fused-ring (bicyclic) bond motifs is 1. The predicted octanol–water partition coefficient (Wildman–Crippen LogP) is 3.45. The third kappa shape index (κ3) is 2.05. The van der Waals surface area contributed by atoms with Crippen LogP contribution in [0.3, 0.4) is 0 Å². The third-order valence-electron chi connectivity index (χ3n) is 3.09. The number of rotatable bonds is 4. The van der Waals surface area contributed by atoms with Crippen LogP contribution < -0.4 is 0 Å². The number of unbranched alkanes of at least 4 members (excludes halogenated alkanes) is 1. The van der Waals surface area contributed by atoms with Crippen LogP contribution in [0.15, 0.2) is 24.3 Å². The molecule has 17 heavy (non-hydrogen) atoms. The minimum atomic E-state index is -0.855. The molecule has 0 aliphatic rings. The summed E-state index contributed by atoms with van der Waals surface area (Å²) in [5, 5.41) is 10.2. The highest BCUT2D eigenvalue weighted by Crippen LogP contribution is 2.24.